The Balaban J connectivity index is 1.89. The van der Waals surface area contributed by atoms with E-state index in [0.29, 0.717) is 11.5 Å². The molecule has 0 saturated heterocycles. The Morgan fingerprint density at radius 2 is 1.79 bits per heavy atom. The number of benzene rings is 2. The summed E-state index contributed by atoms with van der Waals surface area (Å²) in [6.45, 7) is 0.876. The van der Waals surface area contributed by atoms with Gasteiger partial charge in [-0.3, -0.25) is 4.79 Å². The van der Waals surface area contributed by atoms with Gasteiger partial charge in [0.15, 0.2) is 34.6 Å². The molecule has 0 unspecified atom stereocenters. The normalized spacial score (nSPS) is 10.9. The summed E-state index contributed by atoms with van der Waals surface area (Å²) in [4.78, 5) is 23.8. The second-order valence-corrected chi connectivity index (χ2v) is 8.49. The Labute approximate surface area is 173 Å². The second kappa shape index (κ2) is 9.62. The zero-order chi connectivity index (χ0) is 21.6. The van der Waals surface area contributed by atoms with Gasteiger partial charge in [0.25, 0.3) is 5.91 Å². The fraction of sp³-hybridized carbons (Fsp3) is 0.263. The zero-order valence-corrected chi connectivity index (χ0v) is 17.6. The molecule has 0 heterocycles. The average molecular weight is 442 g/mol. The van der Waals surface area contributed by atoms with Crippen LogP contribution < -0.4 is 14.8 Å². The number of halogens is 1. The van der Waals surface area contributed by atoms with E-state index in [-0.39, 0.29) is 15.6 Å². The van der Waals surface area contributed by atoms with E-state index in [2.05, 4.69) is 5.32 Å². The van der Waals surface area contributed by atoms with E-state index >= 15 is 0 Å². The van der Waals surface area contributed by atoms with Crippen LogP contribution in [0.1, 0.15) is 5.56 Å². The van der Waals surface area contributed by atoms with Gasteiger partial charge < -0.3 is 19.5 Å². The number of methoxy groups -OCH3 is 1. The molecule has 0 aliphatic heterocycles. The molecule has 1 N–H and O–H groups in total. The van der Waals surface area contributed by atoms with Crippen molar-refractivity contribution in [3.8, 4) is 11.5 Å². The highest BCUT2D eigenvalue weighted by Crippen LogP contribution is 2.28. The Bertz CT molecular complexity index is 1020. The number of esters is 1. The Morgan fingerprint density at radius 3 is 2.45 bits per heavy atom. The summed E-state index contributed by atoms with van der Waals surface area (Å²) in [5.74, 6) is -0.614. The molecule has 0 bridgehead atoms. The minimum absolute atomic E-state index is 0.00496. The Kier molecular flexibility index (Phi) is 7.46. The molecule has 0 spiro atoms. The molecule has 2 rings (SSSR count). The third kappa shape index (κ3) is 6.65. The molecule has 29 heavy (non-hydrogen) atoms. The maximum absolute atomic E-state index is 12.0. The van der Waals surface area contributed by atoms with Crippen molar-refractivity contribution < 1.29 is 32.2 Å². The van der Waals surface area contributed by atoms with Crippen LogP contribution >= 0.6 is 11.6 Å². The van der Waals surface area contributed by atoms with Crippen LogP contribution in [0.3, 0.4) is 0 Å². The van der Waals surface area contributed by atoms with Crippen LogP contribution in [0.15, 0.2) is 41.3 Å². The van der Waals surface area contributed by atoms with Gasteiger partial charge in [-0.05, 0) is 42.8 Å². The molecule has 2 aromatic carbocycles. The van der Waals surface area contributed by atoms with Crippen molar-refractivity contribution in [1.29, 1.82) is 0 Å². The van der Waals surface area contributed by atoms with Crippen LogP contribution in [0.5, 0.6) is 11.5 Å². The molecule has 10 heteroatoms. The molecular formula is C19H20ClNO7S. The number of nitrogens with one attached hydrogen (secondary N) is 1. The standard InChI is InChI=1S/C19H20ClNO7S/c1-12-4-7-16(17(8-12)26-2)27-11-19(23)28-10-18(22)21-15-9-13(29(3,24)25)5-6-14(15)20/h4-9H,10-11H2,1-3H3,(H,21,22). The van der Waals surface area contributed by atoms with Gasteiger partial charge in [-0.25, -0.2) is 13.2 Å². The van der Waals surface area contributed by atoms with Crippen LogP contribution in [-0.2, 0) is 24.2 Å². The SMILES string of the molecule is COc1cc(C)ccc1OCC(=O)OCC(=O)Nc1cc(S(C)(=O)=O)ccc1Cl. The quantitative estimate of drug-likeness (QED) is 0.627. The van der Waals surface area contributed by atoms with Crippen LogP contribution in [0.4, 0.5) is 5.69 Å². The zero-order valence-electron chi connectivity index (χ0n) is 16.0. The first-order valence-electron chi connectivity index (χ1n) is 8.32. The predicted octanol–water partition coefficient (Wildman–Crippen LogP) is 2.62. The maximum Gasteiger partial charge on any atom is 0.344 e. The minimum Gasteiger partial charge on any atom is -0.493 e. The smallest absolute Gasteiger partial charge is 0.344 e. The summed E-state index contributed by atoms with van der Waals surface area (Å²) in [6, 6.07) is 9.11. The second-order valence-electron chi connectivity index (χ2n) is 6.07. The largest absolute Gasteiger partial charge is 0.493 e. The lowest BCUT2D eigenvalue weighted by Gasteiger charge is -2.11. The summed E-state index contributed by atoms with van der Waals surface area (Å²) in [5.41, 5.74) is 1.06. The molecule has 0 radical (unpaired) electrons. The number of sulfone groups is 1. The predicted molar refractivity (Wildman–Crippen MR) is 107 cm³/mol. The van der Waals surface area contributed by atoms with Crippen molar-refractivity contribution in [2.75, 3.05) is 31.9 Å². The fourth-order valence-corrected chi connectivity index (χ4v) is 3.05. The minimum atomic E-state index is -3.47. The van der Waals surface area contributed by atoms with Crippen molar-refractivity contribution in [2.24, 2.45) is 0 Å². The lowest BCUT2D eigenvalue weighted by Crippen LogP contribution is -2.24. The fourth-order valence-electron chi connectivity index (χ4n) is 2.24. The number of rotatable bonds is 8. The molecular weight excluding hydrogens is 422 g/mol. The van der Waals surface area contributed by atoms with Gasteiger partial charge in [-0.2, -0.15) is 0 Å². The van der Waals surface area contributed by atoms with Crippen molar-refractivity contribution >= 4 is 39.0 Å². The molecule has 0 fully saturated rings. The van der Waals surface area contributed by atoms with Gasteiger partial charge >= 0.3 is 5.97 Å². The van der Waals surface area contributed by atoms with Crippen molar-refractivity contribution in [2.45, 2.75) is 11.8 Å². The van der Waals surface area contributed by atoms with E-state index in [1.807, 2.05) is 6.92 Å². The molecule has 0 atom stereocenters. The number of amides is 1. The molecule has 0 aromatic heterocycles. The number of ether oxygens (including phenoxy) is 3. The van der Waals surface area contributed by atoms with Gasteiger partial charge in [-0.1, -0.05) is 17.7 Å². The van der Waals surface area contributed by atoms with Crippen LogP contribution in [0.2, 0.25) is 5.02 Å². The first-order chi connectivity index (χ1) is 13.6. The molecule has 0 saturated carbocycles. The Hall–Kier alpha value is -2.78. The highest BCUT2D eigenvalue weighted by atomic mass is 35.5. The van der Waals surface area contributed by atoms with E-state index < -0.39 is 34.9 Å². The van der Waals surface area contributed by atoms with Crippen LogP contribution in [-0.4, -0.2) is 46.9 Å². The number of anilines is 1. The Morgan fingerprint density at radius 1 is 1.07 bits per heavy atom. The molecule has 2 aromatic rings. The number of aryl methyl sites for hydroxylation is 1. The summed E-state index contributed by atoms with van der Waals surface area (Å²) < 4.78 is 38.6. The highest BCUT2D eigenvalue weighted by molar-refractivity contribution is 7.90. The number of carbonyl (C=O) groups excluding carboxylic acids is 2. The van der Waals surface area contributed by atoms with E-state index in [0.717, 1.165) is 11.8 Å². The van der Waals surface area contributed by atoms with Crippen LogP contribution in [0, 0.1) is 6.92 Å². The van der Waals surface area contributed by atoms with E-state index in [4.69, 9.17) is 25.8 Å². The van der Waals surface area contributed by atoms with Crippen LogP contribution in [0.25, 0.3) is 0 Å². The number of carbonyl (C=O) groups is 2. The van der Waals surface area contributed by atoms with Gasteiger partial charge in [0.1, 0.15) is 0 Å². The van der Waals surface area contributed by atoms with Gasteiger partial charge in [-0.15, -0.1) is 0 Å². The summed E-state index contributed by atoms with van der Waals surface area (Å²) >= 11 is 5.96. The molecule has 8 nitrogen and oxygen atoms in total. The highest BCUT2D eigenvalue weighted by Gasteiger charge is 2.14. The van der Waals surface area contributed by atoms with Crippen molar-refractivity contribution in [3.63, 3.8) is 0 Å². The van der Waals surface area contributed by atoms with E-state index in [1.54, 1.807) is 18.2 Å². The van der Waals surface area contributed by atoms with E-state index in [1.165, 1.54) is 25.3 Å². The molecule has 1 amide bonds. The van der Waals surface area contributed by atoms with Crippen molar-refractivity contribution in [3.05, 3.63) is 47.0 Å². The first kappa shape index (κ1) is 22.5. The van der Waals surface area contributed by atoms with E-state index in [9.17, 15) is 18.0 Å². The van der Waals surface area contributed by atoms with Gasteiger partial charge in [0, 0.05) is 6.26 Å². The van der Waals surface area contributed by atoms with Gasteiger partial charge in [0.05, 0.1) is 22.7 Å². The summed E-state index contributed by atoms with van der Waals surface area (Å²) in [5, 5.41) is 2.55. The summed E-state index contributed by atoms with van der Waals surface area (Å²) in [7, 11) is -1.99. The monoisotopic (exact) mass is 441 g/mol. The van der Waals surface area contributed by atoms with Gasteiger partial charge in [0.2, 0.25) is 0 Å². The van der Waals surface area contributed by atoms with Crippen molar-refractivity contribution in [1.82, 2.24) is 0 Å². The topological polar surface area (TPSA) is 108 Å². The first-order valence-corrected chi connectivity index (χ1v) is 10.6. The molecule has 0 aliphatic rings. The third-order valence-corrected chi connectivity index (χ3v) is 5.11. The number of hydrogen-bond acceptors (Lipinski definition) is 7. The molecule has 156 valence electrons. The molecule has 0 aliphatic carbocycles. The maximum atomic E-state index is 12.0. The average Bonchev–Trinajstić information content (AvgIpc) is 2.66. The lowest BCUT2D eigenvalue weighted by atomic mass is 10.2. The number of hydrogen-bond donors (Lipinski definition) is 1. The third-order valence-electron chi connectivity index (χ3n) is 3.67. The lowest BCUT2D eigenvalue weighted by molar-refractivity contribution is -0.149. The summed E-state index contributed by atoms with van der Waals surface area (Å²) in [6.07, 6.45) is 1.03.